The van der Waals surface area contributed by atoms with E-state index in [2.05, 4.69) is 32.2 Å². The molecule has 154 valence electrons. The molecule has 1 atom stereocenters. The Morgan fingerprint density at radius 3 is 2.52 bits per heavy atom. The van der Waals surface area contributed by atoms with E-state index in [4.69, 9.17) is 9.47 Å². The van der Waals surface area contributed by atoms with Gasteiger partial charge in [0.2, 0.25) is 0 Å². The number of carbonyl (C=O) groups excluding carboxylic acids is 1. The Bertz CT molecular complexity index is 813. The molecule has 0 saturated carbocycles. The van der Waals surface area contributed by atoms with Crippen molar-refractivity contribution >= 4 is 17.3 Å². The molecule has 0 bridgehead atoms. The predicted octanol–water partition coefficient (Wildman–Crippen LogP) is 2.33. The molecule has 1 amide bonds. The van der Waals surface area contributed by atoms with Crippen molar-refractivity contribution in [3.63, 3.8) is 0 Å². The Morgan fingerprint density at radius 2 is 1.86 bits per heavy atom. The summed E-state index contributed by atoms with van der Waals surface area (Å²) in [5.41, 5.74) is 2.79. The summed E-state index contributed by atoms with van der Waals surface area (Å²) in [6.07, 6.45) is 5.68. The van der Waals surface area contributed by atoms with Crippen LogP contribution in [0.2, 0.25) is 0 Å². The van der Waals surface area contributed by atoms with Gasteiger partial charge in [-0.25, -0.2) is 0 Å². The number of nitrogens with zero attached hydrogens (tertiary/aromatic N) is 3. The first-order chi connectivity index (χ1) is 14.2. The first-order valence-electron chi connectivity index (χ1n) is 10.2. The van der Waals surface area contributed by atoms with Gasteiger partial charge in [0.05, 0.1) is 30.7 Å². The fourth-order valence-electron chi connectivity index (χ4n) is 3.85. The minimum atomic E-state index is -0.0910. The Labute approximate surface area is 171 Å². The quantitative estimate of drug-likeness (QED) is 0.808. The number of hydrogen-bond acceptors (Lipinski definition) is 6. The molecule has 1 aromatic heterocycles. The van der Waals surface area contributed by atoms with E-state index in [-0.39, 0.29) is 12.0 Å². The minimum Gasteiger partial charge on any atom is -0.497 e. The lowest BCUT2D eigenvalue weighted by molar-refractivity contribution is 0.0857. The molecule has 0 radical (unpaired) electrons. The third kappa shape index (κ3) is 4.79. The van der Waals surface area contributed by atoms with Crippen molar-refractivity contribution in [1.29, 1.82) is 0 Å². The second-order valence-corrected chi connectivity index (χ2v) is 7.45. The van der Waals surface area contributed by atoms with Gasteiger partial charge >= 0.3 is 0 Å². The number of piperazine rings is 1. The zero-order valence-corrected chi connectivity index (χ0v) is 16.8. The number of ether oxygens (including phenoxy) is 2. The van der Waals surface area contributed by atoms with Crippen LogP contribution in [0.1, 0.15) is 23.2 Å². The second-order valence-electron chi connectivity index (χ2n) is 7.45. The fraction of sp³-hybridized carbons (Fsp3) is 0.455. The van der Waals surface area contributed by atoms with Crippen molar-refractivity contribution in [2.24, 2.45) is 0 Å². The van der Waals surface area contributed by atoms with Gasteiger partial charge in [-0.05, 0) is 43.2 Å². The zero-order valence-electron chi connectivity index (χ0n) is 16.8. The maximum absolute atomic E-state index is 12.5. The summed E-state index contributed by atoms with van der Waals surface area (Å²) in [4.78, 5) is 21.4. The van der Waals surface area contributed by atoms with Crippen LogP contribution in [0.25, 0.3) is 0 Å². The van der Waals surface area contributed by atoms with Gasteiger partial charge in [0.15, 0.2) is 0 Å². The molecule has 0 spiro atoms. The minimum absolute atomic E-state index is 0.0910. The maximum atomic E-state index is 12.5. The number of nitrogens with one attached hydrogen (secondary N) is 1. The third-order valence-electron chi connectivity index (χ3n) is 5.58. The van der Waals surface area contributed by atoms with E-state index in [1.807, 2.05) is 24.4 Å². The highest BCUT2D eigenvalue weighted by Crippen LogP contribution is 2.23. The van der Waals surface area contributed by atoms with Crippen LogP contribution < -0.4 is 19.9 Å². The van der Waals surface area contributed by atoms with E-state index in [1.165, 1.54) is 5.69 Å². The van der Waals surface area contributed by atoms with Gasteiger partial charge in [0.25, 0.3) is 5.91 Å². The van der Waals surface area contributed by atoms with Gasteiger partial charge in [-0.1, -0.05) is 0 Å². The lowest BCUT2D eigenvalue weighted by Gasteiger charge is -2.37. The fourth-order valence-corrected chi connectivity index (χ4v) is 3.85. The molecule has 2 aliphatic heterocycles. The van der Waals surface area contributed by atoms with Crippen molar-refractivity contribution in [2.45, 2.75) is 18.9 Å². The Morgan fingerprint density at radius 1 is 1.14 bits per heavy atom. The molecule has 2 saturated heterocycles. The largest absolute Gasteiger partial charge is 0.497 e. The molecule has 2 aromatic rings. The van der Waals surface area contributed by atoms with Crippen molar-refractivity contribution < 1.29 is 14.3 Å². The average molecular weight is 396 g/mol. The Kier molecular flexibility index (Phi) is 6.14. The van der Waals surface area contributed by atoms with Crippen LogP contribution in [0.3, 0.4) is 0 Å². The number of pyridine rings is 1. The van der Waals surface area contributed by atoms with E-state index in [1.54, 1.807) is 13.3 Å². The van der Waals surface area contributed by atoms with E-state index in [9.17, 15) is 4.79 Å². The van der Waals surface area contributed by atoms with Gasteiger partial charge in [-0.3, -0.25) is 9.78 Å². The van der Waals surface area contributed by atoms with E-state index >= 15 is 0 Å². The van der Waals surface area contributed by atoms with E-state index in [0.29, 0.717) is 12.1 Å². The highest BCUT2D eigenvalue weighted by molar-refractivity contribution is 5.94. The third-order valence-corrected chi connectivity index (χ3v) is 5.58. The molecule has 4 rings (SSSR count). The van der Waals surface area contributed by atoms with Crippen molar-refractivity contribution in [1.82, 2.24) is 10.3 Å². The molecule has 7 heteroatoms. The van der Waals surface area contributed by atoms with Crippen molar-refractivity contribution in [2.75, 3.05) is 56.2 Å². The van der Waals surface area contributed by atoms with E-state index < -0.39 is 0 Å². The summed E-state index contributed by atoms with van der Waals surface area (Å²) in [5, 5.41) is 2.97. The van der Waals surface area contributed by atoms with Gasteiger partial charge < -0.3 is 24.6 Å². The molecule has 1 unspecified atom stereocenters. The summed E-state index contributed by atoms with van der Waals surface area (Å²) >= 11 is 0. The monoisotopic (exact) mass is 396 g/mol. The van der Waals surface area contributed by atoms with Crippen LogP contribution in [0.4, 0.5) is 11.4 Å². The lowest BCUT2D eigenvalue weighted by Crippen LogP contribution is -2.46. The first kappa shape index (κ1) is 19.5. The maximum Gasteiger partial charge on any atom is 0.253 e. The molecule has 1 aromatic carbocycles. The number of anilines is 2. The highest BCUT2D eigenvalue weighted by Gasteiger charge is 2.20. The SMILES string of the molecule is COc1ccc(N2CCN(c3cncc(C(=O)NCC4CCCO4)c3)CC2)cc1. The number of rotatable bonds is 6. The van der Waals surface area contributed by atoms with Gasteiger partial charge in [-0.2, -0.15) is 0 Å². The number of carbonyl (C=O) groups is 1. The number of aromatic nitrogens is 1. The highest BCUT2D eigenvalue weighted by atomic mass is 16.5. The molecule has 1 N–H and O–H groups in total. The van der Waals surface area contributed by atoms with Crippen LogP contribution in [0.15, 0.2) is 42.7 Å². The molecule has 2 fully saturated rings. The molecular weight excluding hydrogens is 368 g/mol. The zero-order chi connectivity index (χ0) is 20.1. The molecule has 0 aliphatic carbocycles. The van der Waals surface area contributed by atoms with Crippen LogP contribution in [0, 0.1) is 0 Å². The first-order valence-corrected chi connectivity index (χ1v) is 10.2. The van der Waals surface area contributed by atoms with Crippen LogP contribution in [-0.2, 0) is 4.74 Å². The second kappa shape index (κ2) is 9.13. The van der Waals surface area contributed by atoms with Crippen LogP contribution in [-0.4, -0.2) is 63.4 Å². The average Bonchev–Trinajstić information content (AvgIpc) is 3.31. The Hall–Kier alpha value is -2.80. The predicted molar refractivity (Wildman–Crippen MR) is 113 cm³/mol. The topological polar surface area (TPSA) is 66.9 Å². The molecule has 7 nitrogen and oxygen atoms in total. The summed E-state index contributed by atoms with van der Waals surface area (Å²) in [6, 6.07) is 10.1. The van der Waals surface area contributed by atoms with Crippen LogP contribution in [0.5, 0.6) is 5.75 Å². The molecule has 3 heterocycles. The van der Waals surface area contributed by atoms with Gasteiger partial charge in [0.1, 0.15) is 5.75 Å². The van der Waals surface area contributed by atoms with Gasteiger partial charge in [0, 0.05) is 51.2 Å². The summed E-state index contributed by atoms with van der Waals surface area (Å²) in [7, 11) is 1.68. The molecular formula is C22H28N4O3. The normalized spacial score (nSPS) is 19.3. The lowest BCUT2D eigenvalue weighted by atomic mass is 10.2. The number of benzene rings is 1. The standard InChI is InChI=1S/C22H28N4O3/c1-28-20-6-4-18(5-7-20)25-8-10-26(11-9-25)19-13-17(14-23-15-19)22(27)24-16-21-3-2-12-29-21/h4-7,13-15,21H,2-3,8-12,16H2,1H3,(H,24,27). The molecule has 2 aliphatic rings. The number of hydrogen-bond donors (Lipinski definition) is 1. The van der Waals surface area contributed by atoms with Gasteiger partial charge in [-0.15, -0.1) is 0 Å². The van der Waals surface area contributed by atoms with E-state index in [0.717, 1.165) is 57.1 Å². The Balaban J connectivity index is 1.33. The molecule has 29 heavy (non-hydrogen) atoms. The summed E-state index contributed by atoms with van der Waals surface area (Å²) in [6.45, 7) is 4.95. The number of methoxy groups -OCH3 is 1. The summed E-state index contributed by atoms with van der Waals surface area (Å²) < 4.78 is 10.8. The van der Waals surface area contributed by atoms with Crippen molar-refractivity contribution in [3.05, 3.63) is 48.3 Å². The van der Waals surface area contributed by atoms with Crippen LogP contribution >= 0.6 is 0 Å². The smallest absolute Gasteiger partial charge is 0.253 e. The van der Waals surface area contributed by atoms with Crippen molar-refractivity contribution in [3.8, 4) is 5.75 Å². The summed E-state index contributed by atoms with van der Waals surface area (Å²) in [5.74, 6) is 0.778. The number of amides is 1.